The van der Waals surface area contributed by atoms with Crippen LogP contribution in [0.2, 0.25) is 0 Å². The molecule has 3 nitrogen and oxygen atoms in total. The second kappa shape index (κ2) is 3.85. The van der Waals surface area contributed by atoms with E-state index in [9.17, 15) is 0 Å². The van der Waals surface area contributed by atoms with Gasteiger partial charge in [0.1, 0.15) is 11.7 Å². The van der Waals surface area contributed by atoms with Crippen molar-refractivity contribution in [1.29, 1.82) is 10.8 Å². The second-order valence-corrected chi connectivity index (χ2v) is 6.10. The third kappa shape index (κ3) is 1.58. The normalized spacial score (nSPS) is 14.2. The van der Waals surface area contributed by atoms with E-state index in [2.05, 4.69) is 73.1 Å². The molecule has 14 heavy (non-hydrogen) atoms. The Hall–Kier alpha value is 0.550. The van der Waals surface area contributed by atoms with Crippen LogP contribution < -0.4 is 5.32 Å². The van der Waals surface area contributed by atoms with Crippen molar-refractivity contribution in [1.82, 2.24) is 5.32 Å². The topological polar surface area (TPSA) is 59.7 Å². The molecular formula is C8H4I3N3. The molecule has 0 amide bonds. The fraction of sp³-hybridized carbons (Fsp3) is 0. The Balaban J connectivity index is 2.82. The van der Waals surface area contributed by atoms with Crippen LogP contribution in [0.4, 0.5) is 0 Å². The minimum absolute atomic E-state index is 0.331. The van der Waals surface area contributed by atoms with E-state index >= 15 is 0 Å². The van der Waals surface area contributed by atoms with Crippen LogP contribution in [0.1, 0.15) is 11.1 Å². The van der Waals surface area contributed by atoms with Crippen molar-refractivity contribution in [2.45, 2.75) is 0 Å². The Morgan fingerprint density at radius 3 is 2.29 bits per heavy atom. The van der Waals surface area contributed by atoms with E-state index in [1.54, 1.807) is 0 Å². The van der Waals surface area contributed by atoms with Gasteiger partial charge in [0.05, 0.1) is 0 Å². The molecule has 72 valence electrons. The lowest BCUT2D eigenvalue weighted by atomic mass is 10.1. The fourth-order valence-electron chi connectivity index (χ4n) is 1.29. The van der Waals surface area contributed by atoms with Gasteiger partial charge in [-0.25, -0.2) is 0 Å². The van der Waals surface area contributed by atoms with E-state index in [1.807, 2.05) is 6.07 Å². The van der Waals surface area contributed by atoms with Crippen LogP contribution in [-0.2, 0) is 0 Å². The lowest BCUT2D eigenvalue weighted by Gasteiger charge is -2.05. The summed E-state index contributed by atoms with van der Waals surface area (Å²) >= 11 is 6.75. The Labute approximate surface area is 122 Å². The first-order valence-electron chi connectivity index (χ1n) is 3.64. The van der Waals surface area contributed by atoms with Crippen LogP contribution >= 0.6 is 67.8 Å². The zero-order valence-corrected chi connectivity index (χ0v) is 13.2. The number of hydrogen-bond acceptors (Lipinski definition) is 2. The van der Waals surface area contributed by atoms with Gasteiger partial charge in [-0.2, -0.15) is 0 Å². The predicted octanol–water partition coefficient (Wildman–Crippen LogP) is 2.75. The number of fused-ring (bicyclic) bond motifs is 1. The maximum absolute atomic E-state index is 7.71. The smallest absolute Gasteiger partial charge is 0.132 e. The zero-order valence-electron chi connectivity index (χ0n) is 6.71. The first-order chi connectivity index (χ1) is 6.52. The molecule has 0 radical (unpaired) electrons. The molecule has 0 saturated heterocycles. The summed E-state index contributed by atoms with van der Waals surface area (Å²) in [5.74, 6) is 0.668. The highest BCUT2D eigenvalue weighted by molar-refractivity contribution is 14.1. The van der Waals surface area contributed by atoms with Crippen molar-refractivity contribution in [3.05, 3.63) is 27.9 Å². The summed E-state index contributed by atoms with van der Waals surface area (Å²) in [7, 11) is 0. The molecule has 1 aliphatic rings. The lowest BCUT2D eigenvalue weighted by Crippen LogP contribution is -2.20. The van der Waals surface area contributed by atoms with Crippen LogP contribution in [0.25, 0.3) is 0 Å². The van der Waals surface area contributed by atoms with Crippen molar-refractivity contribution in [2.75, 3.05) is 0 Å². The van der Waals surface area contributed by atoms with Gasteiger partial charge in [-0.1, -0.05) is 0 Å². The van der Waals surface area contributed by atoms with Crippen LogP contribution in [0.3, 0.4) is 0 Å². The summed E-state index contributed by atoms with van der Waals surface area (Å²) in [5, 5.41) is 18.1. The fourth-order valence-corrected chi connectivity index (χ4v) is 3.66. The molecule has 0 spiro atoms. The Morgan fingerprint density at radius 1 is 1.00 bits per heavy atom. The monoisotopic (exact) mass is 523 g/mol. The molecule has 2 rings (SSSR count). The molecule has 0 fully saturated rings. The summed E-state index contributed by atoms with van der Waals surface area (Å²) in [4.78, 5) is 0. The Kier molecular flexibility index (Phi) is 3.04. The number of nitrogens with one attached hydrogen (secondary N) is 3. The lowest BCUT2D eigenvalue weighted by molar-refractivity contribution is 1.29. The average Bonchev–Trinajstić information content (AvgIpc) is 2.38. The molecule has 0 bridgehead atoms. The summed E-state index contributed by atoms with van der Waals surface area (Å²) < 4.78 is 3.35. The molecule has 3 N–H and O–H groups in total. The van der Waals surface area contributed by atoms with E-state index in [0.29, 0.717) is 11.7 Å². The van der Waals surface area contributed by atoms with E-state index in [-0.39, 0.29) is 0 Å². The van der Waals surface area contributed by atoms with Gasteiger partial charge in [-0.15, -0.1) is 0 Å². The Bertz CT molecular complexity index is 467. The molecule has 0 aliphatic carbocycles. The van der Waals surface area contributed by atoms with Gasteiger partial charge in [-0.3, -0.25) is 10.8 Å². The number of rotatable bonds is 0. The van der Waals surface area contributed by atoms with Crippen molar-refractivity contribution in [3.63, 3.8) is 0 Å². The molecule has 0 saturated carbocycles. The average molecular weight is 523 g/mol. The highest BCUT2D eigenvalue weighted by Crippen LogP contribution is 2.29. The summed E-state index contributed by atoms with van der Waals surface area (Å²) in [6.07, 6.45) is 0. The van der Waals surface area contributed by atoms with Gasteiger partial charge in [0, 0.05) is 21.8 Å². The maximum atomic E-state index is 7.71. The van der Waals surface area contributed by atoms with Gasteiger partial charge in [0.25, 0.3) is 0 Å². The molecule has 0 aromatic heterocycles. The zero-order chi connectivity index (χ0) is 10.5. The Morgan fingerprint density at radius 2 is 1.64 bits per heavy atom. The standard InChI is InChI=1S/C8H4I3N3/c9-3-1-2-4(6(11)5(3)10)8(13)14-7(2)12/h1H,(H3,12,13,14). The quantitative estimate of drug-likeness (QED) is 0.356. The van der Waals surface area contributed by atoms with Crippen LogP contribution in [-0.4, -0.2) is 11.7 Å². The van der Waals surface area contributed by atoms with Crippen LogP contribution in [0, 0.1) is 21.5 Å². The first-order valence-corrected chi connectivity index (χ1v) is 6.88. The number of amidine groups is 2. The van der Waals surface area contributed by atoms with Gasteiger partial charge in [0.15, 0.2) is 0 Å². The van der Waals surface area contributed by atoms with E-state index in [1.165, 1.54) is 0 Å². The van der Waals surface area contributed by atoms with E-state index in [4.69, 9.17) is 10.8 Å². The van der Waals surface area contributed by atoms with E-state index < -0.39 is 0 Å². The van der Waals surface area contributed by atoms with Crippen molar-refractivity contribution < 1.29 is 0 Å². The van der Waals surface area contributed by atoms with Crippen molar-refractivity contribution in [2.24, 2.45) is 0 Å². The summed E-state index contributed by atoms with van der Waals surface area (Å²) in [6.45, 7) is 0. The maximum Gasteiger partial charge on any atom is 0.132 e. The second-order valence-electron chi connectivity index (χ2n) is 2.78. The number of benzene rings is 1. The summed E-state index contributed by atoms with van der Waals surface area (Å²) in [5.41, 5.74) is 1.70. The summed E-state index contributed by atoms with van der Waals surface area (Å²) in [6, 6.07) is 1.96. The highest BCUT2D eigenvalue weighted by Gasteiger charge is 2.26. The molecule has 1 aromatic rings. The third-order valence-corrected chi connectivity index (χ3v) is 7.05. The first kappa shape index (κ1) is 11.0. The predicted molar refractivity (Wildman–Crippen MR) is 81.4 cm³/mol. The van der Waals surface area contributed by atoms with Crippen molar-refractivity contribution >= 4 is 79.4 Å². The van der Waals surface area contributed by atoms with Crippen molar-refractivity contribution in [3.8, 4) is 0 Å². The van der Waals surface area contributed by atoms with Gasteiger partial charge in [0.2, 0.25) is 0 Å². The number of hydrogen-bond donors (Lipinski definition) is 3. The molecule has 0 atom stereocenters. The van der Waals surface area contributed by atoms with Gasteiger partial charge < -0.3 is 5.32 Å². The SMILES string of the molecule is N=C1NC(=N)c2c1cc(I)c(I)c2I. The third-order valence-electron chi connectivity index (χ3n) is 1.93. The van der Waals surface area contributed by atoms with E-state index in [0.717, 1.165) is 21.8 Å². The van der Waals surface area contributed by atoms with Gasteiger partial charge >= 0.3 is 0 Å². The van der Waals surface area contributed by atoms with Crippen LogP contribution in [0.5, 0.6) is 0 Å². The molecule has 0 unspecified atom stereocenters. The molecule has 1 aromatic carbocycles. The van der Waals surface area contributed by atoms with Crippen LogP contribution in [0.15, 0.2) is 6.07 Å². The molecule has 6 heteroatoms. The largest absolute Gasteiger partial charge is 0.325 e. The molecular weight excluding hydrogens is 519 g/mol. The van der Waals surface area contributed by atoms with Gasteiger partial charge in [-0.05, 0) is 73.8 Å². The minimum atomic E-state index is 0.331. The molecule has 1 heterocycles. The highest BCUT2D eigenvalue weighted by atomic mass is 127. The minimum Gasteiger partial charge on any atom is -0.325 e. The molecule has 1 aliphatic heterocycles. The number of halogens is 3.